The predicted molar refractivity (Wildman–Crippen MR) is 109 cm³/mol. The van der Waals surface area contributed by atoms with Crippen LogP contribution in [0.3, 0.4) is 0 Å². The lowest BCUT2D eigenvalue weighted by Gasteiger charge is -2.56. The molecule has 4 nitrogen and oxygen atoms in total. The molecule has 0 aliphatic heterocycles. The minimum absolute atomic E-state index is 0.0680. The van der Waals surface area contributed by atoms with Gasteiger partial charge < -0.3 is 5.32 Å². The van der Waals surface area contributed by atoms with Gasteiger partial charge in [0, 0.05) is 12.1 Å². The number of aryl methyl sites for hydroxylation is 1. The Kier molecular flexibility index (Phi) is 4.91. The molecule has 0 atom stereocenters. The number of carbonyl (C=O) groups excluding carboxylic acids is 1. The largest absolute Gasteiger partial charge is 0.331 e. The summed E-state index contributed by atoms with van der Waals surface area (Å²) in [5.74, 6) is 2.68. The second-order valence-electron chi connectivity index (χ2n) is 8.78. The van der Waals surface area contributed by atoms with E-state index in [1.165, 1.54) is 44.1 Å². The third-order valence-electron chi connectivity index (χ3n) is 6.61. The van der Waals surface area contributed by atoms with Gasteiger partial charge in [0.05, 0.1) is 0 Å². The van der Waals surface area contributed by atoms with Crippen LogP contribution in [-0.2, 0) is 11.2 Å². The minimum Gasteiger partial charge on any atom is -0.331 e. The molecule has 4 aliphatic rings. The monoisotopic (exact) mass is 371 g/mol. The number of hydrazine groups is 1. The maximum atomic E-state index is 12.5. The summed E-state index contributed by atoms with van der Waals surface area (Å²) in [5, 5.41) is 3.56. The van der Waals surface area contributed by atoms with Crippen molar-refractivity contribution < 1.29 is 4.79 Å². The molecule has 0 spiro atoms. The SMILES string of the molecule is CCc1cccc(NC(=S)NNC(=O)CC23CC4CC(CC(C4)C2)C3)c1. The van der Waals surface area contributed by atoms with Crippen molar-refractivity contribution in [1.29, 1.82) is 0 Å². The van der Waals surface area contributed by atoms with Crippen molar-refractivity contribution in [2.24, 2.45) is 23.2 Å². The Morgan fingerprint density at radius 2 is 1.77 bits per heavy atom. The summed E-state index contributed by atoms with van der Waals surface area (Å²) in [6.45, 7) is 2.13. The average Bonchev–Trinajstić information content (AvgIpc) is 2.58. The van der Waals surface area contributed by atoms with Crippen LogP contribution in [0.15, 0.2) is 24.3 Å². The van der Waals surface area contributed by atoms with Gasteiger partial charge in [-0.05, 0) is 98.0 Å². The number of rotatable bonds is 4. The summed E-state index contributed by atoms with van der Waals surface area (Å²) in [6.07, 6.45) is 9.59. The molecule has 4 bridgehead atoms. The van der Waals surface area contributed by atoms with Crippen molar-refractivity contribution >= 4 is 28.9 Å². The Morgan fingerprint density at radius 1 is 1.12 bits per heavy atom. The van der Waals surface area contributed by atoms with Gasteiger partial charge in [-0.2, -0.15) is 0 Å². The quantitative estimate of drug-likeness (QED) is 0.549. The average molecular weight is 372 g/mol. The van der Waals surface area contributed by atoms with Gasteiger partial charge in [-0.1, -0.05) is 19.1 Å². The highest BCUT2D eigenvalue weighted by Crippen LogP contribution is 2.61. The van der Waals surface area contributed by atoms with E-state index in [0.717, 1.165) is 29.9 Å². The van der Waals surface area contributed by atoms with Gasteiger partial charge in [0.1, 0.15) is 0 Å². The normalized spacial score (nSPS) is 31.5. The number of benzene rings is 1. The summed E-state index contributed by atoms with van der Waals surface area (Å²) in [4.78, 5) is 12.5. The number of anilines is 1. The van der Waals surface area contributed by atoms with E-state index in [-0.39, 0.29) is 11.3 Å². The molecule has 0 aromatic heterocycles. The van der Waals surface area contributed by atoms with Crippen LogP contribution < -0.4 is 16.2 Å². The maximum Gasteiger partial charge on any atom is 0.238 e. The third kappa shape index (κ3) is 3.88. The summed E-state index contributed by atoms with van der Waals surface area (Å²) >= 11 is 5.31. The van der Waals surface area contributed by atoms with Gasteiger partial charge >= 0.3 is 0 Å². The summed E-state index contributed by atoms with van der Waals surface area (Å²) in [5.41, 5.74) is 8.14. The molecule has 0 unspecified atom stereocenters. The van der Waals surface area contributed by atoms with Crippen molar-refractivity contribution in [3.8, 4) is 0 Å². The second-order valence-corrected chi connectivity index (χ2v) is 9.18. The van der Waals surface area contributed by atoms with Gasteiger partial charge in [-0.25, -0.2) is 0 Å². The molecule has 0 heterocycles. The van der Waals surface area contributed by atoms with E-state index in [9.17, 15) is 4.79 Å². The highest BCUT2D eigenvalue weighted by Gasteiger charge is 2.51. The van der Waals surface area contributed by atoms with Crippen molar-refractivity contribution in [1.82, 2.24) is 10.9 Å². The van der Waals surface area contributed by atoms with Crippen LogP contribution >= 0.6 is 12.2 Å². The number of nitrogens with one attached hydrogen (secondary N) is 3. The number of thiocarbonyl (C=S) groups is 1. The topological polar surface area (TPSA) is 53.2 Å². The number of carbonyl (C=O) groups is 1. The zero-order valence-corrected chi connectivity index (χ0v) is 16.3. The Balaban J connectivity index is 1.27. The summed E-state index contributed by atoms with van der Waals surface area (Å²) in [7, 11) is 0. The Hall–Kier alpha value is -1.62. The van der Waals surface area contributed by atoms with E-state index >= 15 is 0 Å². The molecule has 140 valence electrons. The smallest absolute Gasteiger partial charge is 0.238 e. The van der Waals surface area contributed by atoms with Crippen LogP contribution in [0.1, 0.15) is 57.4 Å². The third-order valence-corrected chi connectivity index (χ3v) is 6.81. The van der Waals surface area contributed by atoms with Gasteiger partial charge in [0.25, 0.3) is 0 Å². The Bertz CT molecular complexity index is 667. The van der Waals surface area contributed by atoms with Crippen molar-refractivity contribution in [3.05, 3.63) is 29.8 Å². The molecule has 26 heavy (non-hydrogen) atoms. The molecular formula is C21H29N3OS. The van der Waals surface area contributed by atoms with Crippen molar-refractivity contribution in [2.45, 2.75) is 58.3 Å². The first kappa shape index (κ1) is 17.8. The molecule has 1 aromatic carbocycles. The van der Waals surface area contributed by atoms with Crippen molar-refractivity contribution in [2.75, 3.05) is 5.32 Å². The van der Waals surface area contributed by atoms with Gasteiger partial charge in [0.15, 0.2) is 5.11 Å². The van der Waals surface area contributed by atoms with E-state index in [0.29, 0.717) is 11.5 Å². The van der Waals surface area contributed by atoms with Crippen LogP contribution in [0, 0.1) is 23.2 Å². The fourth-order valence-corrected chi connectivity index (χ4v) is 6.22. The molecule has 1 amide bonds. The predicted octanol–water partition coefficient (Wildman–Crippen LogP) is 4.17. The molecule has 4 aliphatic carbocycles. The molecule has 4 saturated carbocycles. The highest BCUT2D eigenvalue weighted by molar-refractivity contribution is 7.80. The van der Waals surface area contributed by atoms with Crippen LogP contribution in [0.4, 0.5) is 5.69 Å². The fourth-order valence-electron chi connectivity index (χ4n) is 6.05. The minimum atomic E-state index is 0.0680. The molecule has 0 saturated heterocycles. The van der Waals surface area contributed by atoms with Gasteiger partial charge in [-0.3, -0.25) is 15.6 Å². The van der Waals surface area contributed by atoms with Crippen LogP contribution in [0.2, 0.25) is 0 Å². The van der Waals surface area contributed by atoms with Gasteiger partial charge in [0.2, 0.25) is 5.91 Å². The molecule has 5 heteroatoms. The Labute approximate surface area is 161 Å². The number of amides is 1. The molecular weight excluding hydrogens is 342 g/mol. The molecule has 5 rings (SSSR count). The van der Waals surface area contributed by atoms with Crippen LogP contribution in [-0.4, -0.2) is 11.0 Å². The van der Waals surface area contributed by atoms with E-state index in [2.05, 4.69) is 35.2 Å². The molecule has 3 N–H and O–H groups in total. The lowest BCUT2D eigenvalue weighted by Crippen LogP contribution is -2.50. The summed E-state index contributed by atoms with van der Waals surface area (Å²) in [6, 6.07) is 8.15. The molecule has 4 fully saturated rings. The maximum absolute atomic E-state index is 12.5. The van der Waals surface area contributed by atoms with Crippen LogP contribution in [0.5, 0.6) is 0 Å². The van der Waals surface area contributed by atoms with Gasteiger partial charge in [-0.15, -0.1) is 0 Å². The second kappa shape index (κ2) is 7.18. The number of hydrogen-bond donors (Lipinski definition) is 3. The lowest BCUT2D eigenvalue weighted by molar-refractivity contribution is -0.129. The zero-order chi connectivity index (χ0) is 18.1. The first-order valence-corrected chi connectivity index (χ1v) is 10.4. The zero-order valence-electron chi connectivity index (χ0n) is 15.5. The van der Waals surface area contributed by atoms with E-state index in [1.54, 1.807) is 0 Å². The molecule has 0 radical (unpaired) electrons. The highest BCUT2D eigenvalue weighted by atomic mass is 32.1. The van der Waals surface area contributed by atoms with E-state index < -0.39 is 0 Å². The van der Waals surface area contributed by atoms with E-state index in [4.69, 9.17) is 12.2 Å². The summed E-state index contributed by atoms with van der Waals surface area (Å²) < 4.78 is 0. The first-order valence-electron chi connectivity index (χ1n) is 9.98. The number of hydrogen-bond acceptors (Lipinski definition) is 2. The Morgan fingerprint density at radius 3 is 2.38 bits per heavy atom. The standard InChI is InChI=1S/C21H29N3OS/c1-2-14-4-3-5-18(9-14)22-20(26)24-23-19(25)13-21-10-15-6-16(11-21)8-17(7-15)12-21/h3-5,9,15-17H,2,6-8,10-13H2,1H3,(H,23,25)(H2,22,24,26). The van der Waals surface area contributed by atoms with Crippen molar-refractivity contribution in [3.63, 3.8) is 0 Å². The van der Waals surface area contributed by atoms with Crippen LogP contribution in [0.25, 0.3) is 0 Å². The lowest BCUT2D eigenvalue weighted by atomic mass is 9.49. The molecule has 1 aromatic rings. The van der Waals surface area contributed by atoms with E-state index in [1.807, 2.05) is 12.1 Å². The fraction of sp³-hybridized carbons (Fsp3) is 0.619. The first-order chi connectivity index (χ1) is 12.5.